The van der Waals surface area contributed by atoms with Gasteiger partial charge in [0.1, 0.15) is 11.5 Å². The molecule has 3 rings (SSSR count). The van der Waals surface area contributed by atoms with Crippen molar-refractivity contribution in [1.82, 2.24) is 24.4 Å². The number of hydrogen-bond acceptors (Lipinski definition) is 6. The molecule has 0 aromatic carbocycles. The largest absolute Gasteiger partial charge is 0.465 e. The van der Waals surface area contributed by atoms with Gasteiger partial charge in [-0.1, -0.05) is 11.8 Å². The van der Waals surface area contributed by atoms with Gasteiger partial charge in [0.05, 0.1) is 12.9 Å². The van der Waals surface area contributed by atoms with Gasteiger partial charge in [-0.2, -0.15) is 0 Å². The highest BCUT2D eigenvalue weighted by molar-refractivity contribution is 7.98. The van der Waals surface area contributed by atoms with Crippen LogP contribution in [0.3, 0.4) is 0 Å². The molecule has 3 aromatic rings. The molecular weight excluding hydrogens is 334 g/mol. The fraction of sp³-hybridized carbons (Fsp3) is 0.389. The molecule has 0 aliphatic heterocycles. The molecule has 0 N–H and O–H groups in total. The molecule has 132 valence electrons. The Morgan fingerprint density at radius 3 is 2.68 bits per heavy atom. The van der Waals surface area contributed by atoms with Crippen LogP contribution >= 0.6 is 11.8 Å². The molecule has 0 amide bonds. The molecule has 0 saturated carbocycles. The Morgan fingerprint density at radius 1 is 1.20 bits per heavy atom. The highest BCUT2D eigenvalue weighted by Crippen LogP contribution is 2.14. The van der Waals surface area contributed by atoms with Crippen LogP contribution in [0.15, 0.2) is 52.8 Å². The molecule has 6 nitrogen and oxygen atoms in total. The summed E-state index contributed by atoms with van der Waals surface area (Å²) in [5.41, 5.74) is 1.11. The van der Waals surface area contributed by atoms with Crippen LogP contribution in [0, 0.1) is 6.92 Å². The Kier molecular flexibility index (Phi) is 6.25. The Balaban J connectivity index is 1.61. The maximum Gasteiger partial charge on any atom is 0.187 e. The van der Waals surface area contributed by atoms with Crippen molar-refractivity contribution in [3.63, 3.8) is 0 Å². The van der Waals surface area contributed by atoms with Gasteiger partial charge < -0.3 is 8.98 Å². The third-order valence-corrected chi connectivity index (χ3v) is 4.47. The number of thioether (sulfide) groups is 1. The van der Waals surface area contributed by atoms with Crippen LogP contribution in [0.2, 0.25) is 0 Å². The van der Waals surface area contributed by atoms with Crippen molar-refractivity contribution in [3.8, 4) is 0 Å². The second-order valence-electron chi connectivity index (χ2n) is 5.96. The fourth-order valence-corrected chi connectivity index (χ4v) is 3.00. The summed E-state index contributed by atoms with van der Waals surface area (Å²) in [7, 11) is 0. The molecule has 0 spiro atoms. The Morgan fingerprint density at radius 2 is 2.04 bits per heavy atom. The van der Waals surface area contributed by atoms with Crippen molar-refractivity contribution < 1.29 is 4.42 Å². The zero-order valence-corrected chi connectivity index (χ0v) is 15.4. The summed E-state index contributed by atoms with van der Waals surface area (Å²) in [6.45, 7) is 5.47. The number of aromatic nitrogens is 4. The monoisotopic (exact) mass is 357 g/mol. The van der Waals surface area contributed by atoms with Gasteiger partial charge in [0.2, 0.25) is 0 Å². The topological polar surface area (TPSA) is 60.0 Å². The SMILES string of the molecule is CSc1ncc(CN(CCCn2ccnc2)Cc2ccc(C)o2)cn1. The second-order valence-corrected chi connectivity index (χ2v) is 6.73. The van der Waals surface area contributed by atoms with E-state index in [2.05, 4.69) is 24.4 Å². The van der Waals surface area contributed by atoms with Gasteiger partial charge in [-0.3, -0.25) is 4.90 Å². The van der Waals surface area contributed by atoms with E-state index in [1.54, 1.807) is 11.8 Å². The van der Waals surface area contributed by atoms with Gasteiger partial charge in [-0.05, 0) is 31.7 Å². The molecule has 3 aromatic heterocycles. The summed E-state index contributed by atoms with van der Waals surface area (Å²) in [6, 6.07) is 4.06. The number of rotatable bonds is 9. The summed E-state index contributed by atoms with van der Waals surface area (Å²) in [5.74, 6) is 1.93. The molecule has 0 aliphatic rings. The predicted octanol–water partition coefficient (Wildman–Crippen LogP) is 3.39. The van der Waals surface area contributed by atoms with Crippen molar-refractivity contribution in [3.05, 3.63) is 60.3 Å². The van der Waals surface area contributed by atoms with Crippen molar-refractivity contribution in [2.75, 3.05) is 12.8 Å². The summed E-state index contributed by atoms with van der Waals surface area (Å²) in [6.07, 6.45) is 12.5. The minimum absolute atomic E-state index is 0.780. The molecule has 0 fully saturated rings. The highest BCUT2D eigenvalue weighted by Gasteiger charge is 2.10. The van der Waals surface area contributed by atoms with Gasteiger partial charge in [0, 0.05) is 50.0 Å². The first-order valence-electron chi connectivity index (χ1n) is 8.31. The van der Waals surface area contributed by atoms with E-state index >= 15 is 0 Å². The highest BCUT2D eigenvalue weighted by atomic mass is 32.2. The summed E-state index contributed by atoms with van der Waals surface area (Å²) < 4.78 is 7.85. The number of aryl methyl sites for hydroxylation is 2. The lowest BCUT2D eigenvalue weighted by Crippen LogP contribution is -2.25. The van der Waals surface area contributed by atoms with Crippen LogP contribution in [0.1, 0.15) is 23.5 Å². The lowest BCUT2D eigenvalue weighted by molar-refractivity contribution is 0.226. The van der Waals surface area contributed by atoms with Gasteiger partial charge in [-0.15, -0.1) is 0 Å². The molecule has 0 radical (unpaired) electrons. The van der Waals surface area contributed by atoms with E-state index in [0.717, 1.165) is 54.8 Å². The minimum atomic E-state index is 0.780. The zero-order valence-electron chi connectivity index (χ0n) is 14.6. The van der Waals surface area contributed by atoms with Crippen LogP contribution in [0.4, 0.5) is 0 Å². The van der Waals surface area contributed by atoms with Gasteiger partial charge >= 0.3 is 0 Å². The molecule has 7 heteroatoms. The van der Waals surface area contributed by atoms with Gasteiger partial charge in [0.15, 0.2) is 5.16 Å². The van der Waals surface area contributed by atoms with Crippen LogP contribution in [0.25, 0.3) is 0 Å². The molecule has 0 aliphatic carbocycles. The predicted molar refractivity (Wildman–Crippen MR) is 98.2 cm³/mol. The Bertz CT molecular complexity index is 754. The van der Waals surface area contributed by atoms with E-state index in [9.17, 15) is 0 Å². The number of hydrogen-bond donors (Lipinski definition) is 0. The van der Waals surface area contributed by atoms with Crippen LogP contribution in [-0.2, 0) is 19.6 Å². The molecular formula is C18H23N5OS. The van der Waals surface area contributed by atoms with E-state index in [4.69, 9.17) is 4.42 Å². The van der Waals surface area contributed by atoms with Crippen LogP contribution < -0.4 is 0 Å². The van der Waals surface area contributed by atoms with Crippen molar-refractivity contribution >= 4 is 11.8 Å². The normalized spacial score (nSPS) is 11.3. The maximum atomic E-state index is 5.75. The van der Waals surface area contributed by atoms with Crippen LogP contribution in [-0.4, -0.2) is 37.2 Å². The van der Waals surface area contributed by atoms with E-state index < -0.39 is 0 Å². The lowest BCUT2D eigenvalue weighted by Gasteiger charge is -2.21. The molecule has 25 heavy (non-hydrogen) atoms. The number of furan rings is 1. The van der Waals surface area contributed by atoms with E-state index in [1.165, 1.54) is 0 Å². The molecule has 0 unspecified atom stereocenters. The maximum absolute atomic E-state index is 5.75. The molecule has 3 heterocycles. The minimum Gasteiger partial charge on any atom is -0.465 e. The molecule has 0 atom stereocenters. The number of nitrogens with zero attached hydrogens (tertiary/aromatic N) is 5. The summed E-state index contributed by atoms with van der Waals surface area (Å²) in [5, 5.41) is 0.803. The first-order chi connectivity index (χ1) is 12.2. The standard InChI is InChI=1S/C18H23N5OS/c1-15-4-5-17(24-15)13-23(8-3-7-22-9-6-19-14-22)12-16-10-20-18(25-2)21-11-16/h4-6,9-11,14H,3,7-8,12-13H2,1-2H3. The first kappa shape index (κ1) is 17.7. The second kappa shape index (κ2) is 8.82. The Labute approximate surface area is 152 Å². The third kappa shape index (κ3) is 5.44. The number of imidazole rings is 1. The summed E-state index contributed by atoms with van der Waals surface area (Å²) >= 11 is 1.55. The van der Waals surface area contributed by atoms with Crippen molar-refractivity contribution in [1.29, 1.82) is 0 Å². The quantitative estimate of drug-likeness (QED) is 0.432. The average Bonchev–Trinajstić information content (AvgIpc) is 3.27. The lowest BCUT2D eigenvalue weighted by atomic mass is 10.2. The first-order valence-corrected chi connectivity index (χ1v) is 9.54. The van der Waals surface area contributed by atoms with Gasteiger partial charge in [-0.25, -0.2) is 15.0 Å². The molecule has 0 bridgehead atoms. The Hall–Kier alpha value is -2.12. The van der Waals surface area contributed by atoms with Crippen molar-refractivity contribution in [2.24, 2.45) is 0 Å². The van der Waals surface area contributed by atoms with Crippen LogP contribution in [0.5, 0.6) is 0 Å². The molecule has 0 saturated heterocycles. The van der Waals surface area contributed by atoms with Gasteiger partial charge in [0.25, 0.3) is 0 Å². The van der Waals surface area contributed by atoms with E-state index in [1.807, 2.05) is 56.4 Å². The zero-order chi connectivity index (χ0) is 17.5. The smallest absolute Gasteiger partial charge is 0.187 e. The van der Waals surface area contributed by atoms with E-state index in [0.29, 0.717) is 0 Å². The summed E-state index contributed by atoms with van der Waals surface area (Å²) in [4.78, 5) is 15.2. The van der Waals surface area contributed by atoms with E-state index in [-0.39, 0.29) is 0 Å². The van der Waals surface area contributed by atoms with Crippen molar-refractivity contribution in [2.45, 2.75) is 38.1 Å². The third-order valence-electron chi connectivity index (χ3n) is 3.90. The fourth-order valence-electron chi connectivity index (χ4n) is 2.69. The average molecular weight is 357 g/mol.